The normalized spacial score (nSPS) is 17.2. The van der Waals surface area contributed by atoms with Gasteiger partial charge in [-0.25, -0.2) is 27.0 Å². The quantitative estimate of drug-likeness (QED) is 0.433. The van der Waals surface area contributed by atoms with Gasteiger partial charge in [-0.05, 0) is 31.0 Å². The Bertz CT molecular complexity index is 1480. The molecule has 0 aliphatic carbocycles. The molecule has 1 fully saturated rings. The van der Waals surface area contributed by atoms with E-state index in [9.17, 15) is 8.42 Å². The summed E-state index contributed by atoms with van der Waals surface area (Å²) in [7, 11) is -3.80. The van der Waals surface area contributed by atoms with Crippen LogP contribution in [0.1, 0.15) is 25.3 Å². The maximum Gasteiger partial charge on any atom is 0.269 e. The Hall–Kier alpha value is -3.42. The summed E-state index contributed by atoms with van der Waals surface area (Å²) in [4.78, 5) is 11.5. The third-order valence-corrected chi connectivity index (χ3v) is 8.15. The Morgan fingerprint density at radius 3 is 2.79 bits per heavy atom. The van der Waals surface area contributed by atoms with Crippen molar-refractivity contribution in [3.05, 3.63) is 54.6 Å². The average Bonchev–Trinajstić information content (AvgIpc) is 3.53. The van der Waals surface area contributed by atoms with Crippen molar-refractivity contribution in [2.75, 3.05) is 24.8 Å². The van der Waals surface area contributed by atoms with Crippen LogP contribution in [-0.4, -0.2) is 57.7 Å². The molecule has 9 nitrogen and oxygen atoms in total. The van der Waals surface area contributed by atoms with Gasteiger partial charge >= 0.3 is 0 Å². The van der Waals surface area contributed by atoms with E-state index in [-0.39, 0.29) is 10.9 Å². The average molecular weight is 464 g/mol. The molecule has 0 amide bonds. The highest BCUT2D eigenvalue weighted by atomic mass is 32.2. The number of hydrogen-bond acceptors (Lipinski definition) is 7. The minimum absolute atomic E-state index is 0.261. The predicted octanol–water partition coefficient (Wildman–Crippen LogP) is 2.83. The van der Waals surface area contributed by atoms with Crippen molar-refractivity contribution in [3.8, 4) is 6.07 Å². The molecule has 33 heavy (non-hydrogen) atoms. The Balaban J connectivity index is 1.63. The lowest BCUT2D eigenvalue weighted by atomic mass is 10.2. The Labute approximate surface area is 192 Å². The van der Waals surface area contributed by atoms with Crippen molar-refractivity contribution < 1.29 is 8.42 Å². The molecule has 170 valence electrons. The molecule has 10 heteroatoms. The molecule has 1 aliphatic heterocycles. The van der Waals surface area contributed by atoms with Gasteiger partial charge in [-0.2, -0.15) is 5.26 Å². The number of aromatic nitrogens is 4. The number of pyridine rings is 1. The SMILES string of the molecule is CCC1CN(CCC#N)CN1n1cnc2cnc3c(ccn3S(=O)(=O)c3ccccc3C)c21. The van der Waals surface area contributed by atoms with E-state index in [1.54, 1.807) is 49.9 Å². The van der Waals surface area contributed by atoms with Crippen molar-refractivity contribution in [2.24, 2.45) is 0 Å². The van der Waals surface area contributed by atoms with Crippen LogP contribution in [0, 0.1) is 18.3 Å². The second-order valence-corrected chi connectivity index (χ2v) is 10.1. The smallest absolute Gasteiger partial charge is 0.269 e. The maximum absolute atomic E-state index is 13.4. The molecule has 0 saturated carbocycles. The van der Waals surface area contributed by atoms with Crippen LogP contribution < -0.4 is 5.01 Å². The zero-order valence-corrected chi connectivity index (χ0v) is 19.4. The molecule has 1 atom stereocenters. The summed E-state index contributed by atoms with van der Waals surface area (Å²) in [5.41, 5.74) is 2.60. The molecular formula is C23H25N7O2S. The largest absolute Gasteiger partial charge is 0.293 e. The molecule has 0 radical (unpaired) electrons. The fraction of sp³-hybridized carbons (Fsp3) is 0.348. The minimum Gasteiger partial charge on any atom is -0.293 e. The summed E-state index contributed by atoms with van der Waals surface area (Å²) in [5, 5.41) is 11.9. The summed E-state index contributed by atoms with van der Waals surface area (Å²) in [6.45, 7) is 6.20. The lowest BCUT2D eigenvalue weighted by molar-refractivity contribution is 0.337. The molecular weight excluding hydrogens is 438 g/mol. The van der Waals surface area contributed by atoms with Crippen molar-refractivity contribution in [3.63, 3.8) is 0 Å². The van der Waals surface area contributed by atoms with E-state index < -0.39 is 10.0 Å². The molecule has 0 spiro atoms. The van der Waals surface area contributed by atoms with Gasteiger partial charge in [0.15, 0.2) is 5.65 Å². The molecule has 4 heterocycles. The third kappa shape index (κ3) is 3.44. The molecule has 1 aromatic carbocycles. The molecule has 4 aromatic rings. The molecule has 1 saturated heterocycles. The van der Waals surface area contributed by atoms with Gasteiger partial charge in [0.2, 0.25) is 0 Å². The summed E-state index contributed by atoms with van der Waals surface area (Å²) in [6.07, 6.45) is 6.40. The van der Waals surface area contributed by atoms with Crippen LogP contribution in [0.25, 0.3) is 22.1 Å². The van der Waals surface area contributed by atoms with E-state index >= 15 is 0 Å². The second-order valence-electron chi connectivity index (χ2n) is 8.33. The molecule has 3 aromatic heterocycles. The van der Waals surface area contributed by atoms with Gasteiger partial charge in [0.25, 0.3) is 10.0 Å². The highest BCUT2D eigenvalue weighted by Gasteiger charge is 2.31. The van der Waals surface area contributed by atoms with Crippen LogP contribution in [0.3, 0.4) is 0 Å². The number of nitrogens with zero attached hydrogens (tertiary/aromatic N) is 7. The fourth-order valence-corrected chi connectivity index (χ4v) is 6.15. The number of benzene rings is 1. The van der Waals surface area contributed by atoms with Gasteiger partial charge in [0, 0.05) is 31.1 Å². The van der Waals surface area contributed by atoms with Crippen molar-refractivity contribution >= 4 is 32.1 Å². The second kappa shape index (κ2) is 8.17. The molecule has 0 N–H and O–H groups in total. The van der Waals surface area contributed by atoms with Crippen molar-refractivity contribution in [1.29, 1.82) is 5.26 Å². The highest BCUT2D eigenvalue weighted by molar-refractivity contribution is 7.90. The number of rotatable bonds is 6. The molecule has 1 aliphatic rings. The lowest BCUT2D eigenvalue weighted by Gasteiger charge is -2.26. The van der Waals surface area contributed by atoms with Crippen LogP contribution in [0.15, 0.2) is 53.9 Å². The Morgan fingerprint density at radius 1 is 1.21 bits per heavy atom. The van der Waals surface area contributed by atoms with E-state index in [2.05, 4.69) is 32.9 Å². The van der Waals surface area contributed by atoms with Crippen LogP contribution in [-0.2, 0) is 10.0 Å². The monoisotopic (exact) mass is 463 g/mol. The number of fused-ring (bicyclic) bond motifs is 3. The van der Waals surface area contributed by atoms with Gasteiger partial charge in [-0.1, -0.05) is 25.1 Å². The van der Waals surface area contributed by atoms with Crippen LogP contribution >= 0.6 is 0 Å². The summed E-state index contributed by atoms with van der Waals surface area (Å²) in [6, 6.07) is 11.2. The highest BCUT2D eigenvalue weighted by Crippen LogP contribution is 2.29. The summed E-state index contributed by atoms with van der Waals surface area (Å²) < 4.78 is 30.2. The zero-order chi connectivity index (χ0) is 23.2. The number of nitriles is 1. The molecule has 1 unspecified atom stereocenters. The van der Waals surface area contributed by atoms with Gasteiger partial charge in [0.1, 0.15) is 17.4 Å². The Morgan fingerprint density at radius 2 is 2.03 bits per heavy atom. The van der Waals surface area contributed by atoms with Gasteiger partial charge < -0.3 is 0 Å². The first-order valence-corrected chi connectivity index (χ1v) is 12.4. The van der Waals surface area contributed by atoms with Crippen molar-refractivity contribution in [1.82, 2.24) is 23.5 Å². The molecule has 5 rings (SSSR count). The summed E-state index contributed by atoms with van der Waals surface area (Å²) >= 11 is 0. The summed E-state index contributed by atoms with van der Waals surface area (Å²) in [5.74, 6) is 0. The van der Waals surface area contributed by atoms with E-state index in [1.807, 2.05) is 10.7 Å². The lowest BCUT2D eigenvalue weighted by Crippen LogP contribution is -2.39. The fourth-order valence-electron chi connectivity index (χ4n) is 4.61. The van der Waals surface area contributed by atoms with Gasteiger partial charge in [-0.15, -0.1) is 0 Å². The first-order valence-electron chi connectivity index (χ1n) is 11.0. The van der Waals surface area contributed by atoms with Gasteiger partial charge in [0.05, 0.1) is 29.9 Å². The number of imidazole rings is 1. The Kier molecular flexibility index (Phi) is 5.31. The zero-order valence-electron chi connectivity index (χ0n) is 18.6. The third-order valence-electron chi connectivity index (χ3n) is 6.32. The predicted molar refractivity (Wildman–Crippen MR) is 126 cm³/mol. The van der Waals surface area contributed by atoms with Crippen molar-refractivity contribution in [2.45, 2.75) is 37.6 Å². The number of aryl methyl sites for hydroxylation is 1. The van der Waals surface area contributed by atoms with Gasteiger partial charge in [-0.3, -0.25) is 9.91 Å². The standard InChI is InChI=1S/C23H25N7O2S/c1-3-18-14-27(11-6-10-24)16-29(18)28-15-26-20-13-25-23-19(22(20)28)9-12-30(23)33(31,32)21-8-5-4-7-17(21)2/h4-5,7-9,12-13,15,18H,3,6,11,14,16H2,1-2H3. The van der Waals surface area contributed by atoms with Crippen LogP contribution in [0.5, 0.6) is 0 Å². The molecule has 0 bridgehead atoms. The first-order chi connectivity index (χ1) is 16.0. The van der Waals surface area contributed by atoms with E-state index in [0.717, 1.165) is 30.4 Å². The van der Waals surface area contributed by atoms with E-state index in [1.165, 1.54) is 3.97 Å². The van der Waals surface area contributed by atoms with E-state index in [0.29, 0.717) is 29.8 Å². The minimum atomic E-state index is -3.80. The topological polar surface area (TPSA) is 100 Å². The van der Waals surface area contributed by atoms with E-state index in [4.69, 9.17) is 5.26 Å². The first kappa shape index (κ1) is 21.4. The van der Waals surface area contributed by atoms with Crippen LogP contribution in [0.4, 0.5) is 0 Å². The maximum atomic E-state index is 13.4. The van der Waals surface area contributed by atoms with Crippen LogP contribution in [0.2, 0.25) is 0 Å². The number of hydrogen-bond donors (Lipinski definition) is 0.